The van der Waals surface area contributed by atoms with Gasteiger partial charge in [-0.25, -0.2) is 4.98 Å². The van der Waals surface area contributed by atoms with Crippen molar-refractivity contribution in [2.24, 2.45) is 0 Å². The fraction of sp³-hybridized carbons (Fsp3) is 0.0455. The van der Waals surface area contributed by atoms with Crippen LogP contribution in [0.4, 0.5) is 5.69 Å². The molecule has 4 heteroatoms. The zero-order valence-electron chi connectivity index (χ0n) is 14.3. The van der Waals surface area contributed by atoms with E-state index in [2.05, 4.69) is 42.5 Å². The highest BCUT2D eigenvalue weighted by Gasteiger charge is 2.07. The molecule has 3 nitrogen and oxygen atoms in total. The highest BCUT2D eigenvalue weighted by molar-refractivity contribution is 7.21. The smallest absolute Gasteiger partial charge is 0.124 e. The Balaban J connectivity index is 1.56. The number of nitrogen functional groups attached to an aromatic ring is 1. The van der Waals surface area contributed by atoms with Crippen LogP contribution in [0.15, 0.2) is 66.7 Å². The molecule has 128 valence electrons. The summed E-state index contributed by atoms with van der Waals surface area (Å²) in [7, 11) is 1.67. The molecule has 26 heavy (non-hydrogen) atoms. The van der Waals surface area contributed by atoms with Gasteiger partial charge >= 0.3 is 0 Å². The molecule has 0 amide bonds. The average molecular weight is 358 g/mol. The van der Waals surface area contributed by atoms with Crippen molar-refractivity contribution < 1.29 is 4.74 Å². The second-order valence-electron chi connectivity index (χ2n) is 5.97. The summed E-state index contributed by atoms with van der Waals surface area (Å²) in [6.45, 7) is 0. The van der Waals surface area contributed by atoms with Gasteiger partial charge in [-0.3, -0.25) is 0 Å². The van der Waals surface area contributed by atoms with Crippen molar-refractivity contribution in [3.63, 3.8) is 0 Å². The molecule has 4 rings (SSSR count). The lowest BCUT2D eigenvalue weighted by Gasteiger charge is -1.98. The van der Waals surface area contributed by atoms with E-state index in [1.165, 1.54) is 0 Å². The van der Waals surface area contributed by atoms with Crippen molar-refractivity contribution >= 4 is 39.4 Å². The van der Waals surface area contributed by atoms with E-state index in [1.807, 2.05) is 36.4 Å². The van der Waals surface area contributed by atoms with Gasteiger partial charge in [-0.15, -0.1) is 11.3 Å². The quantitative estimate of drug-likeness (QED) is 0.375. The van der Waals surface area contributed by atoms with Crippen LogP contribution in [0.2, 0.25) is 0 Å². The molecule has 0 bridgehead atoms. The topological polar surface area (TPSA) is 48.1 Å². The van der Waals surface area contributed by atoms with E-state index >= 15 is 0 Å². The largest absolute Gasteiger partial charge is 0.497 e. The first-order valence-electron chi connectivity index (χ1n) is 8.30. The van der Waals surface area contributed by atoms with E-state index in [0.29, 0.717) is 0 Å². The van der Waals surface area contributed by atoms with Gasteiger partial charge in [0.1, 0.15) is 10.8 Å². The lowest BCUT2D eigenvalue weighted by atomic mass is 10.1. The molecule has 4 aromatic rings. The molecule has 0 aliphatic carbocycles. The number of nitrogens with two attached hydrogens (primary N) is 1. The van der Waals surface area contributed by atoms with Crippen LogP contribution in [0.5, 0.6) is 5.75 Å². The normalized spacial score (nSPS) is 11.3. The number of benzene rings is 3. The molecule has 0 fully saturated rings. The van der Waals surface area contributed by atoms with Gasteiger partial charge in [-0.05, 0) is 35.4 Å². The van der Waals surface area contributed by atoms with Crippen LogP contribution in [0, 0.1) is 0 Å². The summed E-state index contributed by atoms with van der Waals surface area (Å²) >= 11 is 1.69. The number of anilines is 1. The number of hydrogen-bond donors (Lipinski definition) is 1. The Kier molecular flexibility index (Phi) is 4.42. The van der Waals surface area contributed by atoms with Crippen LogP contribution in [0.3, 0.4) is 0 Å². The van der Waals surface area contributed by atoms with E-state index in [9.17, 15) is 0 Å². The molecule has 1 aromatic heterocycles. The maximum absolute atomic E-state index is 5.71. The number of nitrogens with zero attached hydrogens (tertiary/aromatic N) is 1. The van der Waals surface area contributed by atoms with E-state index in [0.717, 1.165) is 43.4 Å². The van der Waals surface area contributed by atoms with E-state index in [4.69, 9.17) is 15.5 Å². The van der Waals surface area contributed by atoms with Crippen LogP contribution >= 0.6 is 11.3 Å². The van der Waals surface area contributed by atoms with Gasteiger partial charge in [0.15, 0.2) is 0 Å². The summed E-state index contributed by atoms with van der Waals surface area (Å²) in [6, 6.07) is 22.3. The Hall–Kier alpha value is -3.11. The molecule has 1 heterocycles. The number of rotatable bonds is 4. The molecular weight excluding hydrogens is 340 g/mol. The maximum atomic E-state index is 5.71. The Morgan fingerprint density at radius 1 is 0.885 bits per heavy atom. The third-order valence-electron chi connectivity index (χ3n) is 4.16. The van der Waals surface area contributed by atoms with E-state index in [-0.39, 0.29) is 0 Å². The zero-order chi connectivity index (χ0) is 17.9. The number of ether oxygens (including phenoxy) is 1. The summed E-state index contributed by atoms with van der Waals surface area (Å²) in [5.41, 5.74) is 10.9. The average Bonchev–Trinajstić information content (AvgIpc) is 3.11. The van der Waals surface area contributed by atoms with E-state index < -0.39 is 0 Å². The lowest BCUT2D eigenvalue weighted by Crippen LogP contribution is -1.82. The summed E-state index contributed by atoms with van der Waals surface area (Å²) in [6.07, 6.45) is 4.18. The molecule has 0 atom stereocenters. The van der Waals surface area contributed by atoms with Crippen molar-refractivity contribution in [3.05, 3.63) is 77.9 Å². The lowest BCUT2D eigenvalue weighted by molar-refractivity contribution is 0.415. The first-order valence-corrected chi connectivity index (χ1v) is 9.11. The van der Waals surface area contributed by atoms with E-state index in [1.54, 1.807) is 18.4 Å². The van der Waals surface area contributed by atoms with Gasteiger partial charge in [-0.2, -0.15) is 0 Å². The van der Waals surface area contributed by atoms with Gasteiger partial charge in [0.05, 0.1) is 17.3 Å². The van der Waals surface area contributed by atoms with Crippen molar-refractivity contribution in [2.45, 2.75) is 0 Å². The number of thiazole rings is 1. The predicted molar refractivity (Wildman–Crippen MR) is 111 cm³/mol. The molecule has 0 unspecified atom stereocenters. The molecule has 0 saturated heterocycles. The van der Waals surface area contributed by atoms with Gasteiger partial charge in [0.25, 0.3) is 0 Å². The second-order valence-corrected chi connectivity index (χ2v) is 7.01. The molecule has 2 N–H and O–H groups in total. The van der Waals surface area contributed by atoms with Crippen LogP contribution in [0.1, 0.15) is 11.1 Å². The second kappa shape index (κ2) is 7.02. The minimum absolute atomic E-state index is 0.778. The molecule has 0 radical (unpaired) electrons. The maximum Gasteiger partial charge on any atom is 0.124 e. The highest BCUT2D eigenvalue weighted by atomic mass is 32.1. The van der Waals surface area contributed by atoms with Crippen molar-refractivity contribution in [1.82, 2.24) is 4.98 Å². The minimum Gasteiger partial charge on any atom is -0.497 e. The number of hydrogen-bond acceptors (Lipinski definition) is 4. The van der Waals surface area contributed by atoms with Crippen molar-refractivity contribution in [3.8, 4) is 16.3 Å². The third kappa shape index (κ3) is 3.46. The summed E-state index contributed by atoms with van der Waals surface area (Å²) in [5, 5.41) is 1.02. The molecule has 3 aromatic carbocycles. The van der Waals surface area contributed by atoms with Gasteiger partial charge in [0.2, 0.25) is 0 Å². The standard InChI is InChI=1S/C22H18N2OS/c1-25-19-12-13-21-20(14-19)24-22(26-21)17-8-4-15(5-9-17)2-3-16-6-10-18(23)11-7-16/h2-14H,23H2,1H3. The van der Waals surface area contributed by atoms with Gasteiger partial charge in [0, 0.05) is 17.3 Å². The zero-order valence-corrected chi connectivity index (χ0v) is 15.2. The SMILES string of the molecule is COc1ccc2sc(-c3ccc(C=Cc4ccc(N)cc4)cc3)nc2c1. The Morgan fingerprint density at radius 3 is 2.19 bits per heavy atom. The summed E-state index contributed by atoms with van der Waals surface area (Å²) in [4.78, 5) is 4.73. The van der Waals surface area contributed by atoms with Crippen LogP contribution in [-0.4, -0.2) is 12.1 Å². The molecule has 0 aliphatic rings. The van der Waals surface area contributed by atoms with Crippen molar-refractivity contribution in [2.75, 3.05) is 12.8 Å². The third-order valence-corrected chi connectivity index (χ3v) is 5.24. The molecular formula is C22H18N2OS. The fourth-order valence-corrected chi connectivity index (χ4v) is 3.65. The molecule has 0 saturated carbocycles. The summed E-state index contributed by atoms with van der Waals surface area (Å²) in [5.74, 6) is 0.831. The molecule has 0 aliphatic heterocycles. The Morgan fingerprint density at radius 2 is 1.54 bits per heavy atom. The Labute approximate surface area is 156 Å². The monoisotopic (exact) mass is 358 g/mol. The fourth-order valence-electron chi connectivity index (χ4n) is 2.69. The van der Waals surface area contributed by atoms with Crippen LogP contribution in [-0.2, 0) is 0 Å². The van der Waals surface area contributed by atoms with Gasteiger partial charge in [-0.1, -0.05) is 48.6 Å². The molecule has 0 spiro atoms. The summed E-state index contributed by atoms with van der Waals surface area (Å²) < 4.78 is 6.43. The first kappa shape index (κ1) is 16.4. The predicted octanol–water partition coefficient (Wildman–Crippen LogP) is 5.72. The first-order chi connectivity index (χ1) is 12.7. The van der Waals surface area contributed by atoms with Crippen LogP contribution in [0.25, 0.3) is 32.9 Å². The highest BCUT2D eigenvalue weighted by Crippen LogP contribution is 2.32. The minimum atomic E-state index is 0.778. The number of methoxy groups -OCH3 is 1. The van der Waals surface area contributed by atoms with Crippen molar-refractivity contribution in [1.29, 1.82) is 0 Å². The van der Waals surface area contributed by atoms with Crippen LogP contribution < -0.4 is 10.5 Å². The van der Waals surface area contributed by atoms with Gasteiger partial charge < -0.3 is 10.5 Å². The number of fused-ring (bicyclic) bond motifs is 1. The number of aromatic nitrogens is 1. The Bertz CT molecular complexity index is 1060.